The number of nitrogens with one attached hydrogen (secondary N) is 1. The van der Waals surface area contributed by atoms with Gasteiger partial charge in [-0.3, -0.25) is 0 Å². The minimum absolute atomic E-state index is 0.000928. The predicted molar refractivity (Wildman–Crippen MR) is 105 cm³/mol. The van der Waals surface area contributed by atoms with Crippen LogP contribution in [0, 0.1) is 5.92 Å². The van der Waals surface area contributed by atoms with E-state index in [2.05, 4.69) is 10.1 Å². The van der Waals surface area contributed by atoms with Crippen LogP contribution < -0.4 is 14.2 Å². The van der Waals surface area contributed by atoms with Gasteiger partial charge in [-0.05, 0) is 30.9 Å². The van der Waals surface area contributed by atoms with E-state index in [9.17, 15) is 15.0 Å². The molecular weight excluding hydrogens is 380 g/mol. The molecule has 9 heteroatoms. The Labute approximate surface area is 167 Å². The first-order chi connectivity index (χ1) is 14.0. The van der Waals surface area contributed by atoms with E-state index in [-0.39, 0.29) is 17.2 Å². The summed E-state index contributed by atoms with van der Waals surface area (Å²) in [6, 6.07) is 3.41. The summed E-state index contributed by atoms with van der Waals surface area (Å²) in [6.07, 6.45) is 2.07. The van der Waals surface area contributed by atoms with Gasteiger partial charge in [0.05, 0.1) is 39.3 Å². The highest BCUT2D eigenvalue weighted by atomic mass is 16.6. The summed E-state index contributed by atoms with van der Waals surface area (Å²) in [5, 5.41) is 24.4. The second-order valence-corrected chi connectivity index (χ2v) is 6.59. The number of carboxylic acids is 1. The second kappa shape index (κ2) is 8.44. The Kier molecular flexibility index (Phi) is 5.97. The van der Waals surface area contributed by atoms with Crippen molar-refractivity contribution in [3.8, 4) is 28.4 Å². The number of benzene rings is 1. The van der Waals surface area contributed by atoms with Crippen LogP contribution >= 0.6 is 0 Å². The van der Waals surface area contributed by atoms with E-state index in [0.717, 1.165) is 12.8 Å². The lowest BCUT2D eigenvalue weighted by Crippen LogP contribution is -2.08. The monoisotopic (exact) mass is 404 g/mol. The van der Waals surface area contributed by atoms with Crippen LogP contribution in [0.3, 0.4) is 0 Å². The predicted octanol–water partition coefficient (Wildman–Crippen LogP) is 2.83. The van der Waals surface area contributed by atoms with Crippen molar-refractivity contribution in [1.29, 1.82) is 0 Å². The molecule has 1 heterocycles. The molecule has 1 aliphatic rings. The highest BCUT2D eigenvalue weighted by Gasteiger charge is 2.38. The number of carboxylic acid groups (broad SMARTS) is 1. The molecule has 1 saturated carbocycles. The van der Waals surface area contributed by atoms with E-state index < -0.39 is 12.1 Å². The van der Waals surface area contributed by atoms with E-state index in [1.54, 1.807) is 12.1 Å². The normalized spacial score (nSPS) is 14.7. The number of aromatic nitrogens is 1. The first-order valence-electron chi connectivity index (χ1n) is 9.01. The molecule has 1 aromatic carbocycles. The molecule has 0 amide bonds. The Morgan fingerprint density at radius 3 is 2.38 bits per heavy atom. The number of methoxy groups -OCH3 is 3. The Hall–Kier alpha value is -3.20. The maximum absolute atomic E-state index is 11.9. The number of aliphatic hydroxyl groups excluding tert-OH is 1. The largest absolute Gasteiger partial charge is 0.493 e. The van der Waals surface area contributed by atoms with Gasteiger partial charge in [0.15, 0.2) is 11.5 Å². The Balaban J connectivity index is 2.35. The lowest BCUT2D eigenvalue weighted by molar-refractivity contribution is 0.0681. The molecule has 0 radical (unpaired) electrons. The molecule has 1 fully saturated rings. The highest BCUT2D eigenvalue weighted by Crippen LogP contribution is 2.50. The van der Waals surface area contributed by atoms with E-state index in [1.165, 1.54) is 34.7 Å². The van der Waals surface area contributed by atoms with Crippen LogP contribution in [0.15, 0.2) is 17.3 Å². The number of aromatic carboxylic acids is 1. The van der Waals surface area contributed by atoms with Crippen LogP contribution in [-0.2, 0) is 4.84 Å². The van der Waals surface area contributed by atoms with E-state index in [4.69, 9.17) is 19.0 Å². The lowest BCUT2D eigenvalue weighted by atomic mass is 9.93. The Morgan fingerprint density at radius 1 is 1.17 bits per heavy atom. The number of nitrogens with zero attached hydrogens (tertiary/aromatic N) is 1. The van der Waals surface area contributed by atoms with E-state index in [1.807, 2.05) is 0 Å². The van der Waals surface area contributed by atoms with Crippen LogP contribution in [-0.4, -0.2) is 55.8 Å². The van der Waals surface area contributed by atoms with E-state index in [0.29, 0.717) is 34.1 Å². The second-order valence-electron chi connectivity index (χ2n) is 6.59. The lowest BCUT2D eigenvalue weighted by Gasteiger charge is -2.18. The van der Waals surface area contributed by atoms with Crippen LogP contribution in [0.4, 0.5) is 0 Å². The molecule has 0 bridgehead atoms. The average molecular weight is 404 g/mol. The number of aliphatic hydroxyl groups is 1. The van der Waals surface area contributed by atoms with Gasteiger partial charge in [0.1, 0.15) is 12.8 Å². The zero-order valence-electron chi connectivity index (χ0n) is 16.7. The maximum atomic E-state index is 11.9. The first-order valence-corrected chi connectivity index (χ1v) is 9.01. The Morgan fingerprint density at radius 2 is 1.86 bits per heavy atom. The maximum Gasteiger partial charge on any atom is 0.352 e. The molecular formula is C20H24N2O7. The molecule has 2 aromatic rings. The van der Waals surface area contributed by atoms with Crippen molar-refractivity contribution in [3.05, 3.63) is 29.1 Å². The number of oxime groups is 1. The molecule has 156 valence electrons. The molecule has 0 saturated heterocycles. The molecule has 0 aliphatic heterocycles. The fraction of sp³-hybridized carbons (Fsp3) is 0.400. The minimum Gasteiger partial charge on any atom is -0.493 e. The SMILES string of the molecule is CON=Cc1[nH]c(C(=O)O)c(C(O)C2CC2)c1-c1ccc(OC)c(OC)c1OC. The van der Waals surface area contributed by atoms with Gasteiger partial charge in [0, 0.05) is 16.7 Å². The number of hydrogen-bond donors (Lipinski definition) is 3. The number of ether oxygens (including phenoxy) is 3. The summed E-state index contributed by atoms with van der Waals surface area (Å²) in [5.74, 6) is -0.0249. The zero-order chi connectivity index (χ0) is 21.1. The third-order valence-electron chi connectivity index (χ3n) is 4.91. The van der Waals surface area contributed by atoms with E-state index >= 15 is 0 Å². The molecule has 1 aromatic heterocycles. The van der Waals surface area contributed by atoms with Gasteiger partial charge in [0.25, 0.3) is 0 Å². The van der Waals surface area contributed by atoms with Crippen molar-refractivity contribution in [1.82, 2.24) is 4.98 Å². The van der Waals surface area contributed by atoms with Gasteiger partial charge in [0.2, 0.25) is 5.75 Å². The van der Waals surface area contributed by atoms with Gasteiger partial charge in [-0.15, -0.1) is 0 Å². The number of rotatable bonds is 9. The zero-order valence-corrected chi connectivity index (χ0v) is 16.7. The van der Waals surface area contributed by atoms with Crippen LogP contribution in [0.1, 0.15) is 40.7 Å². The summed E-state index contributed by atoms with van der Waals surface area (Å²) in [5.41, 5.74) is 1.53. The van der Waals surface area contributed by atoms with Crippen molar-refractivity contribution < 1.29 is 34.1 Å². The number of aromatic amines is 1. The molecule has 1 aliphatic carbocycles. The van der Waals surface area contributed by atoms with Crippen LogP contribution in [0.5, 0.6) is 17.2 Å². The molecule has 3 N–H and O–H groups in total. The van der Waals surface area contributed by atoms with Crippen LogP contribution in [0.25, 0.3) is 11.1 Å². The minimum atomic E-state index is -1.18. The standard InChI is InChI=1S/C20H24N2O7/c1-26-13-8-7-11(18(27-2)19(13)28-3)14-12(9-21-29-4)22-16(20(24)25)15(14)17(23)10-5-6-10/h7-10,17,22-23H,5-6H2,1-4H3,(H,24,25). The third-order valence-corrected chi connectivity index (χ3v) is 4.91. The van der Waals surface area contributed by atoms with Gasteiger partial charge in [-0.2, -0.15) is 0 Å². The molecule has 1 atom stereocenters. The third kappa shape index (κ3) is 3.73. The molecule has 0 spiro atoms. The highest BCUT2D eigenvalue weighted by molar-refractivity contribution is 5.99. The smallest absolute Gasteiger partial charge is 0.352 e. The summed E-state index contributed by atoms with van der Waals surface area (Å²) in [4.78, 5) is 19.5. The van der Waals surface area contributed by atoms with Gasteiger partial charge in [-0.1, -0.05) is 5.16 Å². The fourth-order valence-corrected chi connectivity index (χ4v) is 3.44. The average Bonchev–Trinajstić information content (AvgIpc) is 3.50. The van der Waals surface area contributed by atoms with Gasteiger partial charge >= 0.3 is 5.97 Å². The van der Waals surface area contributed by atoms with Crippen molar-refractivity contribution in [2.24, 2.45) is 11.1 Å². The van der Waals surface area contributed by atoms with Crippen LogP contribution in [0.2, 0.25) is 0 Å². The first kappa shape index (κ1) is 20.5. The van der Waals surface area contributed by atoms with Gasteiger partial charge in [-0.25, -0.2) is 4.79 Å². The number of H-pyrrole nitrogens is 1. The summed E-state index contributed by atoms with van der Waals surface area (Å²) < 4.78 is 16.4. The number of hydrogen-bond acceptors (Lipinski definition) is 7. The molecule has 9 nitrogen and oxygen atoms in total. The van der Waals surface area contributed by atoms with Crippen molar-refractivity contribution in [2.45, 2.75) is 18.9 Å². The quantitative estimate of drug-likeness (QED) is 0.434. The van der Waals surface area contributed by atoms with Crippen molar-refractivity contribution >= 4 is 12.2 Å². The molecule has 1 unspecified atom stereocenters. The Bertz CT molecular complexity index is 931. The van der Waals surface area contributed by atoms with Crippen molar-refractivity contribution in [2.75, 3.05) is 28.4 Å². The summed E-state index contributed by atoms with van der Waals surface area (Å²) >= 11 is 0. The van der Waals surface area contributed by atoms with Crippen molar-refractivity contribution in [3.63, 3.8) is 0 Å². The fourth-order valence-electron chi connectivity index (χ4n) is 3.44. The number of carbonyl (C=O) groups is 1. The topological polar surface area (TPSA) is 123 Å². The summed E-state index contributed by atoms with van der Waals surface area (Å²) in [6.45, 7) is 0. The molecule has 29 heavy (non-hydrogen) atoms. The van der Waals surface area contributed by atoms with Gasteiger partial charge < -0.3 is 34.2 Å². The molecule has 3 rings (SSSR count). The summed E-state index contributed by atoms with van der Waals surface area (Å²) in [7, 11) is 5.85.